The van der Waals surface area contributed by atoms with Crippen LogP contribution in [0.3, 0.4) is 0 Å². The predicted molar refractivity (Wildman–Crippen MR) is 80.4 cm³/mol. The molecule has 3 heterocycles. The Labute approximate surface area is 124 Å². The highest BCUT2D eigenvalue weighted by Gasteiger charge is 2.37. The fourth-order valence-electron chi connectivity index (χ4n) is 3.95. The average molecular weight is 293 g/mol. The Bertz CT molecular complexity index is 542. The summed E-state index contributed by atoms with van der Waals surface area (Å²) in [7, 11) is 3.97. The van der Waals surface area contributed by atoms with Crippen LogP contribution in [0.1, 0.15) is 37.8 Å². The normalized spacial score (nSPS) is 29.4. The second kappa shape index (κ2) is 5.29. The van der Waals surface area contributed by atoms with E-state index < -0.39 is 0 Å². The summed E-state index contributed by atoms with van der Waals surface area (Å²) < 4.78 is 1.60. The molecular weight excluding hydrogens is 270 g/mol. The summed E-state index contributed by atoms with van der Waals surface area (Å²) >= 11 is 0. The topological polar surface area (TPSA) is 76.2 Å². The van der Waals surface area contributed by atoms with Crippen LogP contribution in [0.25, 0.3) is 0 Å². The van der Waals surface area contributed by atoms with Crippen LogP contribution in [0.4, 0.5) is 11.5 Å². The highest BCUT2D eigenvalue weighted by molar-refractivity contribution is 5.60. The van der Waals surface area contributed by atoms with Gasteiger partial charge in [-0.3, -0.25) is 10.1 Å². The Kier molecular flexibility index (Phi) is 3.61. The van der Waals surface area contributed by atoms with Crippen molar-refractivity contribution < 1.29 is 4.92 Å². The Morgan fingerprint density at radius 2 is 1.90 bits per heavy atom. The number of aryl methyl sites for hydroxylation is 2. The van der Waals surface area contributed by atoms with Crippen molar-refractivity contribution in [2.24, 2.45) is 7.05 Å². The molecule has 7 nitrogen and oxygen atoms in total. The van der Waals surface area contributed by atoms with Crippen molar-refractivity contribution in [3.8, 4) is 0 Å². The lowest BCUT2D eigenvalue weighted by molar-refractivity contribution is -0.384. The van der Waals surface area contributed by atoms with E-state index in [9.17, 15) is 10.1 Å². The zero-order chi connectivity index (χ0) is 15.1. The minimum atomic E-state index is -0.333. The number of aromatic nitrogens is 2. The number of fused-ring (bicyclic) bond motifs is 2. The van der Waals surface area contributed by atoms with E-state index in [-0.39, 0.29) is 10.6 Å². The molecule has 0 spiro atoms. The van der Waals surface area contributed by atoms with Crippen LogP contribution < -0.4 is 5.32 Å². The molecule has 0 aromatic carbocycles. The molecule has 0 amide bonds. The second-order valence-electron chi connectivity index (χ2n) is 6.38. The standard InChI is InChI=1S/C14H23N5O2/c1-9-13(19(20)21)14(18(3)16-9)15-10-7-11-5-4-6-12(8-10)17(11)2/h10-12,15H,4-8H2,1-3H3. The highest BCUT2D eigenvalue weighted by Crippen LogP contribution is 2.35. The molecule has 2 saturated heterocycles. The van der Waals surface area contributed by atoms with Crippen molar-refractivity contribution in [1.82, 2.24) is 14.7 Å². The van der Waals surface area contributed by atoms with Gasteiger partial charge in [0.25, 0.3) is 0 Å². The number of rotatable bonds is 3. The van der Waals surface area contributed by atoms with E-state index in [1.807, 2.05) is 0 Å². The van der Waals surface area contributed by atoms with Gasteiger partial charge in [-0.25, -0.2) is 4.68 Å². The predicted octanol–water partition coefficient (Wildman–Crippen LogP) is 2.06. The first-order valence-electron chi connectivity index (χ1n) is 7.63. The number of piperidine rings is 2. The molecule has 21 heavy (non-hydrogen) atoms. The lowest BCUT2D eigenvalue weighted by atomic mass is 9.82. The second-order valence-corrected chi connectivity index (χ2v) is 6.38. The number of hydrogen-bond donors (Lipinski definition) is 1. The van der Waals surface area contributed by atoms with Gasteiger partial charge in [0.05, 0.1) is 4.92 Å². The molecule has 2 unspecified atom stereocenters. The van der Waals surface area contributed by atoms with Gasteiger partial charge in [-0.2, -0.15) is 5.10 Å². The smallest absolute Gasteiger partial charge is 0.333 e. The van der Waals surface area contributed by atoms with Crippen LogP contribution in [-0.2, 0) is 7.05 Å². The van der Waals surface area contributed by atoms with Gasteiger partial charge in [-0.1, -0.05) is 6.42 Å². The van der Waals surface area contributed by atoms with E-state index in [0.29, 0.717) is 29.6 Å². The first kappa shape index (κ1) is 14.3. The van der Waals surface area contributed by atoms with E-state index in [0.717, 1.165) is 12.8 Å². The van der Waals surface area contributed by atoms with Crippen molar-refractivity contribution >= 4 is 11.5 Å². The lowest BCUT2D eigenvalue weighted by Crippen LogP contribution is -2.52. The van der Waals surface area contributed by atoms with Gasteiger partial charge < -0.3 is 10.2 Å². The molecule has 2 aliphatic rings. The average Bonchev–Trinajstić information content (AvgIpc) is 2.65. The minimum Gasteiger partial charge on any atom is -0.362 e. The van der Waals surface area contributed by atoms with E-state index in [1.54, 1.807) is 18.7 Å². The minimum absolute atomic E-state index is 0.113. The van der Waals surface area contributed by atoms with Crippen LogP contribution in [0, 0.1) is 17.0 Å². The summed E-state index contributed by atoms with van der Waals surface area (Å²) in [6, 6.07) is 1.50. The molecule has 1 N–H and O–H groups in total. The van der Waals surface area contributed by atoms with Crippen molar-refractivity contribution in [3.63, 3.8) is 0 Å². The maximum absolute atomic E-state index is 11.2. The van der Waals surface area contributed by atoms with Gasteiger partial charge in [0, 0.05) is 25.2 Å². The third kappa shape index (κ3) is 2.50. The number of nitrogens with zero attached hydrogens (tertiary/aromatic N) is 4. The number of nitrogens with one attached hydrogen (secondary N) is 1. The molecule has 2 atom stereocenters. The van der Waals surface area contributed by atoms with E-state index in [2.05, 4.69) is 22.4 Å². The van der Waals surface area contributed by atoms with Gasteiger partial charge in [0.1, 0.15) is 5.69 Å². The van der Waals surface area contributed by atoms with Crippen molar-refractivity contribution in [2.75, 3.05) is 12.4 Å². The molecule has 1 aromatic heterocycles. The van der Waals surface area contributed by atoms with Gasteiger partial charge >= 0.3 is 5.69 Å². The largest absolute Gasteiger partial charge is 0.362 e. The van der Waals surface area contributed by atoms with Gasteiger partial charge in [0.2, 0.25) is 5.82 Å². The molecule has 116 valence electrons. The van der Waals surface area contributed by atoms with E-state index >= 15 is 0 Å². The number of hydrogen-bond acceptors (Lipinski definition) is 5. The Morgan fingerprint density at radius 1 is 1.29 bits per heavy atom. The van der Waals surface area contributed by atoms with E-state index in [4.69, 9.17) is 0 Å². The van der Waals surface area contributed by atoms with Crippen LogP contribution in [0.5, 0.6) is 0 Å². The molecule has 2 bridgehead atoms. The molecule has 2 aliphatic heterocycles. The maximum atomic E-state index is 11.2. The summed E-state index contributed by atoms with van der Waals surface area (Å²) in [6.45, 7) is 1.69. The van der Waals surface area contributed by atoms with Crippen LogP contribution in [0.2, 0.25) is 0 Å². The Hall–Kier alpha value is -1.63. The van der Waals surface area contributed by atoms with Crippen molar-refractivity contribution in [1.29, 1.82) is 0 Å². The first-order chi connectivity index (χ1) is 9.97. The fourth-order valence-corrected chi connectivity index (χ4v) is 3.95. The van der Waals surface area contributed by atoms with Crippen LogP contribution >= 0.6 is 0 Å². The third-order valence-electron chi connectivity index (χ3n) is 5.05. The summed E-state index contributed by atoms with van der Waals surface area (Å²) in [6.07, 6.45) is 5.87. The number of anilines is 1. The quantitative estimate of drug-likeness (QED) is 0.682. The molecule has 0 aliphatic carbocycles. The van der Waals surface area contributed by atoms with Gasteiger partial charge in [-0.05, 0) is 39.7 Å². The molecular formula is C14H23N5O2. The molecule has 3 rings (SSSR count). The first-order valence-corrected chi connectivity index (χ1v) is 7.63. The highest BCUT2D eigenvalue weighted by atomic mass is 16.6. The molecule has 7 heteroatoms. The molecule has 2 fully saturated rings. The lowest BCUT2D eigenvalue weighted by Gasteiger charge is -2.47. The molecule has 1 aromatic rings. The summed E-state index contributed by atoms with van der Waals surface area (Å²) in [4.78, 5) is 13.4. The molecule has 0 saturated carbocycles. The van der Waals surface area contributed by atoms with Crippen LogP contribution in [-0.4, -0.2) is 44.8 Å². The Morgan fingerprint density at radius 3 is 2.48 bits per heavy atom. The van der Waals surface area contributed by atoms with Gasteiger partial charge in [-0.15, -0.1) is 0 Å². The Balaban J connectivity index is 1.80. The summed E-state index contributed by atoms with van der Waals surface area (Å²) in [5, 5.41) is 18.8. The molecule has 0 radical (unpaired) electrons. The van der Waals surface area contributed by atoms with Crippen molar-refractivity contribution in [3.05, 3.63) is 15.8 Å². The third-order valence-corrected chi connectivity index (χ3v) is 5.05. The SMILES string of the molecule is Cc1nn(C)c(NC2CC3CCCC(C2)N3C)c1[N+](=O)[O-]. The van der Waals surface area contributed by atoms with Gasteiger partial charge in [0.15, 0.2) is 0 Å². The van der Waals surface area contributed by atoms with Crippen molar-refractivity contribution in [2.45, 2.75) is 57.2 Å². The van der Waals surface area contributed by atoms with E-state index in [1.165, 1.54) is 19.3 Å². The monoisotopic (exact) mass is 293 g/mol. The zero-order valence-electron chi connectivity index (χ0n) is 12.9. The number of nitro groups is 1. The maximum Gasteiger partial charge on any atom is 0.333 e. The van der Waals surface area contributed by atoms with Crippen LogP contribution in [0.15, 0.2) is 0 Å². The summed E-state index contributed by atoms with van der Waals surface area (Å²) in [5.41, 5.74) is 0.583. The zero-order valence-corrected chi connectivity index (χ0v) is 12.9. The summed E-state index contributed by atoms with van der Waals surface area (Å²) in [5.74, 6) is 0.546. The fraction of sp³-hybridized carbons (Fsp3) is 0.786.